The van der Waals surface area contributed by atoms with Crippen molar-refractivity contribution in [3.63, 3.8) is 0 Å². The maximum absolute atomic E-state index is 9.84. The summed E-state index contributed by atoms with van der Waals surface area (Å²) in [4.78, 5) is 1.81. The van der Waals surface area contributed by atoms with Crippen LogP contribution in [0, 0.1) is 0 Å². The Kier molecular flexibility index (Phi) is 6.16. The van der Waals surface area contributed by atoms with Crippen molar-refractivity contribution in [1.82, 2.24) is 4.90 Å². The van der Waals surface area contributed by atoms with Gasteiger partial charge in [-0.25, -0.2) is 0 Å². The normalized spacial score (nSPS) is 34.1. The second kappa shape index (κ2) is 6.96. The van der Waals surface area contributed by atoms with Gasteiger partial charge < -0.3 is 20.4 Å². The molecule has 5 nitrogen and oxygen atoms in total. The van der Waals surface area contributed by atoms with Crippen LogP contribution >= 0.6 is 0 Å². The molecule has 0 spiro atoms. The molecule has 112 valence electrons. The number of hydrogen-bond donors (Lipinski definition) is 4. The van der Waals surface area contributed by atoms with Gasteiger partial charge in [-0.15, -0.1) is 0 Å². The van der Waals surface area contributed by atoms with Crippen molar-refractivity contribution < 1.29 is 20.4 Å². The van der Waals surface area contributed by atoms with E-state index in [2.05, 4.69) is 25.7 Å². The van der Waals surface area contributed by atoms with E-state index in [-0.39, 0.29) is 13.2 Å². The Morgan fingerprint density at radius 3 is 2.26 bits per heavy atom. The van der Waals surface area contributed by atoms with Crippen molar-refractivity contribution in [2.75, 3.05) is 19.7 Å². The first-order chi connectivity index (χ1) is 8.76. The predicted molar refractivity (Wildman–Crippen MR) is 77.8 cm³/mol. The highest BCUT2D eigenvalue weighted by atomic mass is 28.3. The van der Waals surface area contributed by atoms with E-state index >= 15 is 0 Å². The molecule has 1 aliphatic heterocycles. The van der Waals surface area contributed by atoms with Gasteiger partial charge in [-0.1, -0.05) is 31.8 Å². The lowest BCUT2D eigenvalue weighted by molar-refractivity contribution is -0.142. The molecule has 0 aromatic heterocycles. The van der Waals surface area contributed by atoms with Crippen LogP contribution in [0.25, 0.3) is 0 Å². The third kappa shape index (κ3) is 4.98. The third-order valence-corrected chi connectivity index (χ3v) is 4.91. The minimum Gasteiger partial charge on any atom is -0.395 e. The van der Waals surface area contributed by atoms with Crippen molar-refractivity contribution >= 4 is 8.07 Å². The first-order valence-corrected chi connectivity index (χ1v) is 10.5. The standard InChI is InChI=1S/C13H27NO4Si/c1-19(2,3)7-5-4-6-14-8-11(16)13(18)12(17)10(14)9-15/h4-5,10-13,15-18H,6-9H2,1-3H3/b5-4+/t10-,11+,12-,13-/m1/s1. The summed E-state index contributed by atoms with van der Waals surface area (Å²) in [5.41, 5.74) is 0. The van der Waals surface area contributed by atoms with Gasteiger partial charge in [0.1, 0.15) is 12.2 Å². The lowest BCUT2D eigenvalue weighted by Crippen LogP contribution is -2.62. The molecule has 0 radical (unpaired) electrons. The molecule has 0 amide bonds. The molecule has 0 saturated carbocycles. The summed E-state index contributed by atoms with van der Waals surface area (Å²) < 4.78 is 0. The summed E-state index contributed by atoms with van der Waals surface area (Å²) in [6.45, 7) is 7.47. The average Bonchev–Trinajstić information content (AvgIpc) is 2.31. The van der Waals surface area contributed by atoms with Crippen LogP contribution in [-0.4, -0.2) is 77.5 Å². The fourth-order valence-electron chi connectivity index (χ4n) is 2.24. The number of allylic oxidation sites excluding steroid dienone is 1. The van der Waals surface area contributed by atoms with Crippen LogP contribution in [0.1, 0.15) is 0 Å². The zero-order valence-electron chi connectivity index (χ0n) is 12.0. The van der Waals surface area contributed by atoms with E-state index in [9.17, 15) is 20.4 Å². The first-order valence-electron chi connectivity index (χ1n) is 6.80. The number of likely N-dealkylation sites (tertiary alicyclic amines) is 1. The highest BCUT2D eigenvalue weighted by Gasteiger charge is 2.40. The second-order valence-corrected chi connectivity index (χ2v) is 12.0. The molecule has 1 aliphatic rings. The Labute approximate surface area is 116 Å². The number of β-amino-alcohol motifs (C(OH)–C–C–N with tert-alkyl or cyclic N) is 1. The Bertz CT molecular complexity index is 306. The first kappa shape index (κ1) is 16.8. The fraction of sp³-hybridized carbons (Fsp3) is 0.846. The molecular weight excluding hydrogens is 262 g/mol. The van der Waals surface area contributed by atoms with Gasteiger partial charge in [-0.05, 0) is 6.04 Å². The lowest BCUT2D eigenvalue weighted by atomic mass is 9.94. The highest BCUT2D eigenvalue weighted by molar-refractivity contribution is 6.76. The number of hydrogen-bond acceptors (Lipinski definition) is 5. The smallest absolute Gasteiger partial charge is 0.109 e. The number of rotatable bonds is 5. The van der Waals surface area contributed by atoms with Gasteiger partial charge in [0.2, 0.25) is 0 Å². The molecule has 0 aromatic rings. The van der Waals surface area contributed by atoms with Gasteiger partial charge in [0, 0.05) is 21.2 Å². The molecule has 1 rings (SSSR count). The van der Waals surface area contributed by atoms with E-state index in [4.69, 9.17) is 0 Å². The number of nitrogens with zero attached hydrogens (tertiary/aromatic N) is 1. The Balaban J connectivity index is 2.56. The van der Waals surface area contributed by atoms with Crippen LogP contribution in [0.5, 0.6) is 0 Å². The van der Waals surface area contributed by atoms with E-state index in [0.29, 0.717) is 6.54 Å². The van der Waals surface area contributed by atoms with E-state index in [1.54, 1.807) is 0 Å². The monoisotopic (exact) mass is 289 g/mol. The lowest BCUT2D eigenvalue weighted by Gasteiger charge is -2.42. The van der Waals surface area contributed by atoms with Gasteiger partial charge in [-0.2, -0.15) is 0 Å². The molecule has 1 fully saturated rings. The topological polar surface area (TPSA) is 84.2 Å². The van der Waals surface area contributed by atoms with Gasteiger partial charge in [0.15, 0.2) is 0 Å². The summed E-state index contributed by atoms with van der Waals surface area (Å²) in [6, 6.07) is 0.563. The van der Waals surface area contributed by atoms with Gasteiger partial charge >= 0.3 is 0 Å². The summed E-state index contributed by atoms with van der Waals surface area (Å²) in [5.74, 6) is 0. The Morgan fingerprint density at radius 2 is 1.74 bits per heavy atom. The van der Waals surface area contributed by atoms with Crippen LogP contribution in [-0.2, 0) is 0 Å². The van der Waals surface area contributed by atoms with Crippen LogP contribution in [0.4, 0.5) is 0 Å². The van der Waals surface area contributed by atoms with E-state index in [0.717, 1.165) is 6.04 Å². The minimum atomic E-state index is -1.18. The van der Waals surface area contributed by atoms with Crippen molar-refractivity contribution in [1.29, 1.82) is 0 Å². The molecule has 1 heterocycles. The van der Waals surface area contributed by atoms with Crippen molar-refractivity contribution in [2.45, 2.75) is 50.0 Å². The molecule has 0 aromatic carbocycles. The molecule has 0 unspecified atom stereocenters. The number of piperidine rings is 1. The second-order valence-electron chi connectivity index (χ2n) is 6.49. The Hall–Kier alpha value is -0.243. The predicted octanol–water partition coefficient (Wildman–Crippen LogP) is -0.360. The summed E-state index contributed by atoms with van der Waals surface area (Å²) in [7, 11) is -1.10. The minimum absolute atomic E-state index is 0.229. The van der Waals surface area contributed by atoms with E-state index in [1.807, 2.05) is 11.0 Å². The van der Waals surface area contributed by atoms with E-state index < -0.39 is 32.4 Å². The van der Waals surface area contributed by atoms with Crippen molar-refractivity contribution in [2.24, 2.45) is 0 Å². The number of aliphatic hydroxyl groups excluding tert-OH is 4. The SMILES string of the molecule is C[Si](C)(C)C/C=C/CN1C[C@H](O)[C@@H](O)[C@H](O)[C@H]1CO. The molecule has 6 heteroatoms. The zero-order valence-corrected chi connectivity index (χ0v) is 13.0. The quantitative estimate of drug-likeness (QED) is 0.410. The third-order valence-electron chi connectivity index (χ3n) is 3.45. The van der Waals surface area contributed by atoms with Crippen LogP contribution in [0.15, 0.2) is 12.2 Å². The van der Waals surface area contributed by atoms with Crippen LogP contribution < -0.4 is 0 Å². The molecule has 4 atom stereocenters. The molecule has 1 saturated heterocycles. The van der Waals surface area contributed by atoms with Crippen LogP contribution in [0.2, 0.25) is 25.7 Å². The van der Waals surface area contributed by atoms with Crippen LogP contribution in [0.3, 0.4) is 0 Å². The maximum atomic E-state index is 9.84. The molecular formula is C13H27NO4Si. The van der Waals surface area contributed by atoms with Gasteiger partial charge in [-0.3, -0.25) is 4.90 Å². The molecule has 19 heavy (non-hydrogen) atoms. The van der Waals surface area contributed by atoms with Crippen molar-refractivity contribution in [3.8, 4) is 0 Å². The van der Waals surface area contributed by atoms with Crippen molar-refractivity contribution in [3.05, 3.63) is 12.2 Å². The van der Waals surface area contributed by atoms with Gasteiger partial charge in [0.25, 0.3) is 0 Å². The molecule has 0 bridgehead atoms. The highest BCUT2D eigenvalue weighted by Crippen LogP contribution is 2.19. The number of aliphatic hydroxyl groups is 4. The summed E-state index contributed by atoms with van der Waals surface area (Å²) in [6.07, 6.45) is 0.879. The molecule has 0 aliphatic carbocycles. The largest absolute Gasteiger partial charge is 0.395 e. The van der Waals surface area contributed by atoms with Gasteiger partial charge in [0.05, 0.1) is 18.8 Å². The van der Waals surface area contributed by atoms with E-state index in [1.165, 1.54) is 0 Å². The zero-order chi connectivity index (χ0) is 14.6. The Morgan fingerprint density at radius 1 is 1.11 bits per heavy atom. The maximum Gasteiger partial charge on any atom is 0.109 e. The average molecular weight is 289 g/mol. The molecule has 4 N–H and O–H groups in total. The summed E-state index contributed by atoms with van der Waals surface area (Å²) in [5, 5.41) is 38.4. The summed E-state index contributed by atoms with van der Waals surface area (Å²) >= 11 is 0. The fourth-order valence-corrected chi connectivity index (χ4v) is 3.11.